The van der Waals surface area contributed by atoms with E-state index in [-0.39, 0.29) is 6.42 Å². The first kappa shape index (κ1) is 23.9. The Labute approximate surface area is 213 Å². The van der Waals surface area contributed by atoms with Crippen LogP contribution in [0.4, 0.5) is 0 Å². The van der Waals surface area contributed by atoms with Crippen LogP contribution in [0.15, 0.2) is 41.1 Å². The van der Waals surface area contributed by atoms with Crippen molar-refractivity contribution in [1.29, 1.82) is 0 Å². The van der Waals surface area contributed by atoms with Gasteiger partial charge in [0, 0.05) is 53.9 Å². The number of hydrogen-bond acceptors (Lipinski definition) is 6. The summed E-state index contributed by atoms with van der Waals surface area (Å²) in [5.41, 5.74) is 6.57. The zero-order chi connectivity index (χ0) is 24.7. The second-order valence-electron chi connectivity index (χ2n) is 9.23. The molecule has 0 saturated heterocycles. The van der Waals surface area contributed by atoms with E-state index in [9.17, 15) is 4.79 Å². The average molecular weight is 513 g/mol. The van der Waals surface area contributed by atoms with E-state index in [1.165, 1.54) is 11.1 Å². The molecule has 9 heteroatoms. The fourth-order valence-electron chi connectivity index (χ4n) is 4.84. The first-order valence-corrected chi connectivity index (χ1v) is 12.3. The number of carbonyl (C=O) groups excluding carboxylic acids is 1. The third-order valence-electron chi connectivity index (χ3n) is 6.74. The van der Waals surface area contributed by atoms with E-state index in [0.29, 0.717) is 29.3 Å². The Morgan fingerprint density at radius 2 is 2.09 bits per heavy atom. The van der Waals surface area contributed by atoms with Gasteiger partial charge in [-0.25, -0.2) is 0 Å². The fraction of sp³-hybridized carbons (Fsp3) is 0.346. The van der Waals surface area contributed by atoms with Gasteiger partial charge in [-0.2, -0.15) is 4.98 Å². The van der Waals surface area contributed by atoms with E-state index >= 15 is 0 Å². The molecule has 0 radical (unpaired) electrons. The third-order valence-corrected chi connectivity index (χ3v) is 7.21. The van der Waals surface area contributed by atoms with Crippen molar-refractivity contribution >= 4 is 40.3 Å². The summed E-state index contributed by atoms with van der Waals surface area (Å²) in [6.45, 7) is 8.62. The van der Waals surface area contributed by atoms with E-state index in [1.54, 1.807) is 0 Å². The van der Waals surface area contributed by atoms with Gasteiger partial charge in [0.25, 0.3) is 5.89 Å². The molecule has 1 aliphatic heterocycles. The molecule has 2 aromatic carbocycles. The smallest absolute Gasteiger partial charge is 0.326 e. The maximum atomic E-state index is 11.4. The Morgan fingerprint density at radius 1 is 1.26 bits per heavy atom. The molecule has 0 N–H and O–H groups in total. The summed E-state index contributed by atoms with van der Waals surface area (Å²) in [5.74, 6) is 0.624. The molecule has 35 heavy (non-hydrogen) atoms. The SMILES string of the molecule is Cc1c(-c2noc(-c3ccc4c(c3)c(Cl)cn4C(C)C)n2)ccc2c1CCN(CCC(=O)OCl)C2. The molecule has 3 heterocycles. The highest BCUT2D eigenvalue weighted by molar-refractivity contribution is 6.35. The van der Waals surface area contributed by atoms with Crippen LogP contribution in [0.25, 0.3) is 33.7 Å². The van der Waals surface area contributed by atoms with Crippen molar-refractivity contribution in [3.63, 3.8) is 0 Å². The minimum atomic E-state index is -0.407. The molecule has 0 saturated carbocycles. The summed E-state index contributed by atoms with van der Waals surface area (Å²) >= 11 is 11.6. The standard InChI is InChI=1S/C26H26Cl2N4O3/c1-15(2)32-14-22(27)21-12-17(5-7-23(21)32)26-29-25(30-35-26)20-6-4-18-13-31(11-9-24(33)34-28)10-8-19(18)16(20)3/h4-7,12,14-15H,8-11,13H2,1-3H3. The highest BCUT2D eigenvalue weighted by Crippen LogP contribution is 2.34. The number of hydrogen-bond donors (Lipinski definition) is 0. The van der Waals surface area contributed by atoms with Gasteiger partial charge in [0.2, 0.25) is 5.82 Å². The minimum absolute atomic E-state index is 0.279. The first-order valence-electron chi connectivity index (χ1n) is 11.7. The van der Waals surface area contributed by atoms with Crippen molar-refractivity contribution in [2.24, 2.45) is 0 Å². The molecule has 0 unspecified atom stereocenters. The second-order valence-corrected chi connectivity index (χ2v) is 9.80. The Hall–Kier alpha value is -2.87. The molecule has 0 fully saturated rings. The largest absolute Gasteiger partial charge is 0.348 e. The molecule has 0 atom stereocenters. The van der Waals surface area contributed by atoms with Gasteiger partial charge in [-0.15, -0.1) is 0 Å². The number of halogens is 2. The van der Waals surface area contributed by atoms with Crippen molar-refractivity contribution in [2.75, 3.05) is 13.1 Å². The van der Waals surface area contributed by atoms with Gasteiger partial charge < -0.3 is 13.4 Å². The summed E-state index contributed by atoms with van der Waals surface area (Å²) < 4.78 is 12.1. The van der Waals surface area contributed by atoms with E-state index < -0.39 is 5.97 Å². The zero-order valence-corrected chi connectivity index (χ0v) is 21.4. The molecular weight excluding hydrogens is 487 g/mol. The Kier molecular flexibility index (Phi) is 6.57. The van der Waals surface area contributed by atoms with Crippen LogP contribution in [0, 0.1) is 6.92 Å². The van der Waals surface area contributed by atoms with E-state index in [2.05, 4.69) is 45.8 Å². The highest BCUT2D eigenvalue weighted by Gasteiger charge is 2.22. The molecular formula is C26H26Cl2N4O3. The Balaban J connectivity index is 1.39. The average Bonchev–Trinajstić information content (AvgIpc) is 3.47. The Bertz CT molecular complexity index is 1410. The van der Waals surface area contributed by atoms with Gasteiger partial charge >= 0.3 is 5.97 Å². The molecule has 0 amide bonds. The molecule has 5 rings (SSSR count). The van der Waals surface area contributed by atoms with Crippen LogP contribution in [0.1, 0.15) is 43.0 Å². The lowest BCUT2D eigenvalue weighted by Crippen LogP contribution is -2.32. The minimum Gasteiger partial charge on any atom is -0.348 e. The van der Waals surface area contributed by atoms with Crippen LogP contribution in [0.2, 0.25) is 5.02 Å². The fourth-order valence-corrected chi connectivity index (χ4v) is 5.18. The van der Waals surface area contributed by atoms with Gasteiger partial charge in [0.1, 0.15) is 11.9 Å². The van der Waals surface area contributed by atoms with Crippen molar-refractivity contribution < 1.29 is 13.6 Å². The molecule has 1 aliphatic rings. The van der Waals surface area contributed by atoms with E-state index in [0.717, 1.165) is 47.1 Å². The van der Waals surface area contributed by atoms with Crippen molar-refractivity contribution in [2.45, 2.75) is 46.2 Å². The van der Waals surface area contributed by atoms with Gasteiger partial charge in [-0.05, 0) is 62.1 Å². The summed E-state index contributed by atoms with van der Waals surface area (Å²) in [7, 11) is 0. The van der Waals surface area contributed by atoms with Gasteiger partial charge in [-0.1, -0.05) is 28.9 Å². The van der Waals surface area contributed by atoms with Crippen LogP contribution in [-0.4, -0.2) is 38.7 Å². The van der Waals surface area contributed by atoms with Crippen LogP contribution in [0.5, 0.6) is 0 Å². The van der Waals surface area contributed by atoms with Crippen molar-refractivity contribution in [3.8, 4) is 22.8 Å². The number of rotatable bonds is 6. The third kappa shape index (κ3) is 4.56. The zero-order valence-electron chi connectivity index (χ0n) is 19.8. The van der Waals surface area contributed by atoms with Crippen LogP contribution < -0.4 is 0 Å². The van der Waals surface area contributed by atoms with Gasteiger partial charge in [0.15, 0.2) is 0 Å². The maximum absolute atomic E-state index is 11.4. The lowest BCUT2D eigenvalue weighted by Gasteiger charge is -2.29. The summed E-state index contributed by atoms with van der Waals surface area (Å²) in [6, 6.07) is 10.5. The van der Waals surface area contributed by atoms with E-state index in [1.807, 2.05) is 30.5 Å². The van der Waals surface area contributed by atoms with Crippen molar-refractivity contribution in [3.05, 3.63) is 58.2 Å². The number of nitrogens with zero attached hydrogens (tertiary/aromatic N) is 4. The number of carbonyl (C=O) groups is 1. The van der Waals surface area contributed by atoms with Gasteiger partial charge in [0.05, 0.1) is 11.4 Å². The second kappa shape index (κ2) is 9.64. The molecule has 2 aromatic heterocycles. The quantitative estimate of drug-likeness (QED) is 0.299. The highest BCUT2D eigenvalue weighted by atomic mass is 35.5. The predicted molar refractivity (Wildman–Crippen MR) is 136 cm³/mol. The first-order chi connectivity index (χ1) is 16.9. The maximum Gasteiger partial charge on any atom is 0.326 e. The molecule has 0 spiro atoms. The Morgan fingerprint density at radius 3 is 2.86 bits per heavy atom. The number of fused-ring (bicyclic) bond motifs is 2. The monoisotopic (exact) mass is 512 g/mol. The molecule has 4 aromatic rings. The molecule has 7 nitrogen and oxygen atoms in total. The van der Waals surface area contributed by atoms with E-state index in [4.69, 9.17) is 33.0 Å². The summed E-state index contributed by atoms with van der Waals surface area (Å²) in [5, 5.41) is 5.95. The normalized spacial score (nSPS) is 14.0. The van der Waals surface area contributed by atoms with Crippen LogP contribution in [0.3, 0.4) is 0 Å². The molecule has 0 bridgehead atoms. The lowest BCUT2D eigenvalue weighted by molar-refractivity contribution is -0.134. The number of aromatic nitrogens is 3. The van der Waals surface area contributed by atoms with Gasteiger partial charge in [-0.3, -0.25) is 9.69 Å². The summed E-state index contributed by atoms with van der Waals surface area (Å²) in [6.07, 6.45) is 3.12. The topological polar surface area (TPSA) is 73.4 Å². The lowest BCUT2D eigenvalue weighted by atomic mass is 9.91. The molecule has 182 valence electrons. The van der Waals surface area contributed by atoms with Crippen molar-refractivity contribution in [1.82, 2.24) is 19.6 Å². The van der Waals surface area contributed by atoms with Crippen LogP contribution in [-0.2, 0) is 22.0 Å². The van der Waals surface area contributed by atoms with Crippen LogP contribution >= 0.6 is 23.5 Å². The summed E-state index contributed by atoms with van der Waals surface area (Å²) in [4.78, 5) is 18.3. The number of benzene rings is 2. The predicted octanol–water partition coefficient (Wildman–Crippen LogP) is 6.35. The molecule has 0 aliphatic carbocycles.